The molecule has 0 saturated carbocycles. The Morgan fingerprint density at radius 1 is 1.17 bits per heavy atom. The average molecular weight is 304 g/mol. The molecule has 114 valence electrons. The molecule has 4 heteroatoms. The molecule has 1 atom stereocenters. The molecule has 1 saturated heterocycles. The minimum Gasteiger partial charge on any atom is -0.436 e. The first kappa shape index (κ1) is 13.8. The van der Waals surface area contributed by atoms with E-state index in [9.17, 15) is 4.79 Å². The zero-order chi connectivity index (χ0) is 15.7. The number of hydrogen-bond donors (Lipinski definition) is 1. The van der Waals surface area contributed by atoms with Gasteiger partial charge in [-0.1, -0.05) is 30.0 Å². The van der Waals surface area contributed by atoms with Crippen LogP contribution in [0.25, 0.3) is 0 Å². The Kier molecular flexibility index (Phi) is 3.27. The Bertz CT molecular complexity index is 820. The number of carbonyl (C=O) groups excluding carboxylic acids is 1. The molecule has 1 aliphatic heterocycles. The maximum atomic E-state index is 11.5. The minimum absolute atomic E-state index is 0.348. The van der Waals surface area contributed by atoms with Crippen molar-refractivity contribution in [2.45, 2.75) is 24.9 Å². The Hall–Kier alpha value is -2.80. The topological polar surface area (TPSA) is 51.2 Å². The Labute approximate surface area is 134 Å². The molecular formula is C19H16N2O2. The Morgan fingerprint density at radius 3 is 2.78 bits per heavy atom. The summed E-state index contributed by atoms with van der Waals surface area (Å²) in [6, 6.07) is 11.9. The first-order valence-corrected chi connectivity index (χ1v) is 7.79. The van der Waals surface area contributed by atoms with E-state index >= 15 is 0 Å². The van der Waals surface area contributed by atoms with E-state index in [4.69, 9.17) is 4.74 Å². The predicted molar refractivity (Wildman–Crippen MR) is 85.8 cm³/mol. The molecule has 1 fully saturated rings. The quantitative estimate of drug-likeness (QED) is 0.761. The summed E-state index contributed by atoms with van der Waals surface area (Å²) in [5.74, 6) is 6.30. The van der Waals surface area contributed by atoms with Gasteiger partial charge in [-0.15, -0.1) is 0 Å². The SMILES string of the molecule is O=C1NC[C@]2(CCCc3ncc(C#Cc4ccccc4)cc32)O1. The second kappa shape index (κ2) is 5.44. The van der Waals surface area contributed by atoms with Gasteiger partial charge in [0.2, 0.25) is 0 Å². The molecule has 2 heterocycles. The highest BCUT2D eigenvalue weighted by molar-refractivity contribution is 5.71. The number of benzene rings is 1. The summed E-state index contributed by atoms with van der Waals surface area (Å²) in [5, 5.41) is 2.77. The van der Waals surface area contributed by atoms with Crippen LogP contribution in [0.4, 0.5) is 4.79 Å². The lowest BCUT2D eigenvalue weighted by Crippen LogP contribution is -2.35. The fraction of sp³-hybridized carbons (Fsp3) is 0.263. The number of hydrogen-bond acceptors (Lipinski definition) is 3. The van der Waals surface area contributed by atoms with Gasteiger partial charge in [0.05, 0.1) is 6.54 Å². The number of aromatic nitrogens is 1. The van der Waals surface area contributed by atoms with Gasteiger partial charge in [-0.3, -0.25) is 4.98 Å². The number of alkyl carbamates (subject to hydrolysis) is 1. The van der Waals surface area contributed by atoms with Gasteiger partial charge in [0.1, 0.15) is 0 Å². The minimum atomic E-state index is -0.567. The van der Waals surface area contributed by atoms with Crippen LogP contribution in [-0.2, 0) is 16.8 Å². The van der Waals surface area contributed by atoms with Crippen molar-refractivity contribution in [2.75, 3.05) is 6.54 Å². The van der Waals surface area contributed by atoms with Crippen LogP contribution in [-0.4, -0.2) is 17.6 Å². The van der Waals surface area contributed by atoms with Gasteiger partial charge in [-0.25, -0.2) is 4.79 Å². The number of carbonyl (C=O) groups is 1. The van der Waals surface area contributed by atoms with E-state index in [0.717, 1.165) is 41.6 Å². The third-order valence-corrected chi connectivity index (χ3v) is 4.39. The predicted octanol–water partition coefficient (Wildman–Crippen LogP) is 2.75. The second-order valence-electron chi connectivity index (χ2n) is 5.93. The maximum Gasteiger partial charge on any atom is 0.408 e. The van der Waals surface area contributed by atoms with Crippen LogP contribution in [0.1, 0.15) is 35.2 Å². The summed E-state index contributed by atoms with van der Waals surface area (Å²) in [6.45, 7) is 0.510. The summed E-state index contributed by atoms with van der Waals surface area (Å²) in [4.78, 5) is 16.1. The molecule has 1 aromatic carbocycles. The molecule has 1 N–H and O–H groups in total. The van der Waals surface area contributed by atoms with Crippen molar-refractivity contribution in [1.82, 2.24) is 10.3 Å². The van der Waals surface area contributed by atoms with Crippen LogP contribution >= 0.6 is 0 Å². The van der Waals surface area contributed by atoms with E-state index < -0.39 is 5.60 Å². The van der Waals surface area contributed by atoms with Crippen LogP contribution in [0.5, 0.6) is 0 Å². The van der Waals surface area contributed by atoms with Gasteiger partial charge in [0.15, 0.2) is 5.60 Å². The molecule has 4 nitrogen and oxygen atoms in total. The van der Waals surface area contributed by atoms with Crippen LogP contribution in [0, 0.1) is 11.8 Å². The number of nitrogens with one attached hydrogen (secondary N) is 1. The van der Waals surface area contributed by atoms with Gasteiger partial charge in [-0.2, -0.15) is 0 Å². The fourth-order valence-electron chi connectivity index (χ4n) is 3.25. The number of rotatable bonds is 0. The van der Waals surface area contributed by atoms with Crippen molar-refractivity contribution >= 4 is 6.09 Å². The van der Waals surface area contributed by atoms with Gasteiger partial charge < -0.3 is 10.1 Å². The maximum absolute atomic E-state index is 11.5. The third kappa shape index (κ3) is 2.55. The molecule has 2 aromatic rings. The highest BCUT2D eigenvalue weighted by Crippen LogP contribution is 2.39. The summed E-state index contributed by atoms with van der Waals surface area (Å²) in [6.07, 6.45) is 4.18. The number of ether oxygens (including phenoxy) is 1. The first-order valence-electron chi connectivity index (χ1n) is 7.79. The molecule has 2 aliphatic rings. The largest absolute Gasteiger partial charge is 0.436 e. The number of amides is 1. The van der Waals surface area contributed by atoms with Gasteiger partial charge >= 0.3 is 6.09 Å². The standard InChI is InChI=1S/C19H16N2O2/c22-18-21-13-19(23-18)10-4-7-17-16(19)11-15(12-20-17)9-8-14-5-2-1-3-6-14/h1-3,5-6,11-12H,4,7,10,13H2,(H,21,22)/t19-/m0/s1. The summed E-state index contributed by atoms with van der Waals surface area (Å²) in [7, 11) is 0. The van der Waals surface area contributed by atoms with E-state index in [0.29, 0.717) is 6.54 Å². The molecule has 1 spiro atoms. The number of pyridine rings is 1. The Balaban J connectivity index is 1.71. The van der Waals surface area contributed by atoms with Gasteiger partial charge in [0.25, 0.3) is 0 Å². The molecular weight excluding hydrogens is 288 g/mol. The monoisotopic (exact) mass is 304 g/mol. The van der Waals surface area contributed by atoms with Gasteiger partial charge in [0, 0.05) is 28.6 Å². The van der Waals surface area contributed by atoms with Crippen molar-refractivity contribution in [3.63, 3.8) is 0 Å². The molecule has 23 heavy (non-hydrogen) atoms. The molecule has 0 radical (unpaired) electrons. The zero-order valence-corrected chi connectivity index (χ0v) is 12.6. The lowest BCUT2D eigenvalue weighted by Gasteiger charge is -2.32. The Morgan fingerprint density at radius 2 is 2.00 bits per heavy atom. The van der Waals surface area contributed by atoms with E-state index in [1.54, 1.807) is 6.20 Å². The highest BCUT2D eigenvalue weighted by atomic mass is 16.6. The smallest absolute Gasteiger partial charge is 0.408 e. The third-order valence-electron chi connectivity index (χ3n) is 4.39. The second-order valence-corrected chi connectivity index (χ2v) is 5.93. The molecule has 1 amide bonds. The molecule has 1 aliphatic carbocycles. The summed E-state index contributed by atoms with van der Waals surface area (Å²) in [5.41, 5.74) is 3.26. The lowest BCUT2D eigenvalue weighted by atomic mass is 9.81. The molecule has 0 bridgehead atoms. The van der Waals surface area contributed by atoms with E-state index in [1.165, 1.54) is 0 Å². The van der Waals surface area contributed by atoms with Crippen molar-refractivity contribution < 1.29 is 9.53 Å². The number of fused-ring (bicyclic) bond motifs is 2. The van der Waals surface area contributed by atoms with Crippen LogP contribution in [0.15, 0.2) is 42.6 Å². The zero-order valence-electron chi connectivity index (χ0n) is 12.6. The number of aryl methyl sites for hydroxylation is 1. The summed E-state index contributed by atoms with van der Waals surface area (Å²) >= 11 is 0. The van der Waals surface area contributed by atoms with Crippen LogP contribution < -0.4 is 5.32 Å². The van der Waals surface area contributed by atoms with E-state index in [2.05, 4.69) is 22.1 Å². The van der Waals surface area contributed by atoms with Gasteiger partial charge in [-0.05, 0) is 37.5 Å². The molecule has 1 aromatic heterocycles. The van der Waals surface area contributed by atoms with Crippen molar-refractivity contribution in [2.24, 2.45) is 0 Å². The summed E-state index contributed by atoms with van der Waals surface area (Å²) < 4.78 is 5.60. The molecule has 0 unspecified atom stereocenters. The fourth-order valence-corrected chi connectivity index (χ4v) is 3.25. The van der Waals surface area contributed by atoms with Crippen molar-refractivity contribution in [3.05, 3.63) is 65.0 Å². The van der Waals surface area contributed by atoms with Crippen molar-refractivity contribution in [3.8, 4) is 11.8 Å². The van der Waals surface area contributed by atoms with E-state index in [1.807, 2.05) is 36.4 Å². The van der Waals surface area contributed by atoms with Crippen LogP contribution in [0.2, 0.25) is 0 Å². The normalized spacial score (nSPS) is 21.8. The first-order chi connectivity index (χ1) is 11.3. The lowest BCUT2D eigenvalue weighted by molar-refractivity contribution is 0.0389. The average Bonchev–Trinajstić information content (AvgIpc) is 2.96. The van der Waals surface area contributed by atoms with Crippen LogP contribution in [0.3, 0.4) is 0 Å². The number of nitrogens with zero attached hydrogens (tertiary/aromatic N) is 1. The molecule has 4 rings (SSSR count). The van der Waals surface area contributed by atoms with Crippen molar-refractivity contribution in [1.29, 1.82) is 0 Å². The highest BCUT2D eigenvalue weighted by Gasteiger charge is 2.45. The van der Waals surface area contributed by atoms with E-state index in [-0.39, 0.29) is 6.09 Å².